The molecule has 184 valence electrons. The van der Waals surface area contributed by atoms with Gasteiger partial charge >= 0.3 is 5.97 Å². The lowest BCUT2D eigenvalue weighted by molar-refractivity contribution is -0.143. The molecule has 1 heterocycles. The van der Waals surface area contributed by atoms with E-state index < -0.39 is 29.6 Å². The van der Waals surface area contributed by atoms with Crippen LogP contribution in [0, 0.1) is 6.92 Å². The monoisotopic (exact) mass is 562 g/mol. The number of carbonyl (C=O) groups excluding carboxylic acids is 4. The molecule has 0 atom stereocenters. The van der Waals surface area contributed by atoms with Gasteiger partial charge in [0.15, 0.2) is 18.1 Å². The number of amides is 3. The van der Waals surface area contributed by atoms with Gasteiger partial charge in [-0.1, -0.05) is 17.7 Å². The average Bonchev–Trinajstić information content (AvgIpc) is 3.07. The van der Waals surface area contributed by atoms with Crippen LogP contribution in [0.5, 0.6) is 11.5 Å². The molecule has 0 radical (unpaired) electrons. The molecule has 1 aliphatic heterocycles. The smallest absolute Gasteiger partial charge is 0.343 e. The minimum atomic E-state index is -0.570. The summed E-state index contributed by atoms with van der Waals surface area (Å²) in [5, 5.41) is 2.14. The number of nitrogens with zero attached hydrogens (tertiary/aromatic N) is 1. The Morgan fingerprint density at radius 2 is 1.86 bits per heavy atom. The summed E-state index contributed by atoms with van der Waals surface area (Å²) in [5.41, 5.74) is 2.17. The third-order valence-corrected chi connectivity index (χ3v) is 6.20. The molecular weight excluding hydrogens is 540 g/mol. The third kappa shape index (κ3) is 6.86. The Bertz CT molecular complexity index is 1180. The third-order valence-electron chi connectivity index (χ3n) is 4.70. The number of halogens is 1. The fourth-order valence-electron chi connectivity index (χ4n) is 3.03. The van der Waals surface area contributed by atoms with Gasteiger partial charge in [0.2, 0.25) is 5.91 Å². The van der Waals surface area contributed by atoms with Gasteiger partial charge in [0.25, 0.3) is 11.1 Å². The molecule has 9 nitrogen and oxygen atoms in total. The highest BCUT2D eigenvalue weighted by Crippen LogP contribution is 2.39. The molecule has 0 saturated carbocycles. The number of hydrogen-bond acceptors (Lipinski definition) is 8. The fourth-order valence-corrected chi connectivity index (χ4v) is 4.45. The second-order valence-electron chi connectivity index (χ2n) is 7.31. The molecule has 1 fully saturated rings. The van der Waals surface area contributed by atoms with Gasteiger partial charge in [0, 0.05) is 5.69 Å². The van der Waals surface area contributed by atoms with Crippen molar-refractivity contribution in [2.75, 3.05) is 32.2 Å². The fraction of sp³-hybridized carbons (Fsp3) is 0.250. The number of benzene rings is 2. The van der Waals surface area contributed by atoms with Crippen molar-refractivity contribution in [2.24, 2.45) is 0 Å². The van der Waals surface area contributed by atoms with Gasteiger partial charge in [-0.15, -0.1) is 0 Å². The highest BCUT2D eigenvalue weighted by molar-refractivity contribution is 9.10. The number of methoxy groups -OCH3 is 1. The van der Waals surface area contributed by atoms with E-state index >= 15 is 0 Å². The van der Waals surface area contributed by atoms with Gasteiger partial charge in [0.05, 0.1) is 23.1 Å². The van der Waals surface area contributed by atoms with Crippen molar-refractivity contribution in [3.8, 4) is 11.5 Å². The minimum Gasteiger partial charge on any atom is -0.490 e. The summed E-state index contributed by atoms with van der Waals surface area (Å²) in [6.45, 7) is 3.34. The van der Waals surface area contributed by atoms with E-state index in [4.69, 9.17) is 9.47 Å². The first-order valence-corrected chi connectivity index (χ1v) is 12.1. The summed E-state index contributed by atoms with van der Waals surface area (Å²) in [7, 11) is 1.26. The molecule has 3 rings (SSSR count). The molecule has 0 aromatic heterocycles. The first-order chi connectivity index (χ1) is 16.7. The van der Waals surface area contributed by atoms with Crippen molar-refractivity contribution in [3.63, 3.8) is 0 Å². The number of hydrogen-bond donors (Lipinski definition) is 1. The van der Waals surface area contributed by atoms with Gasteiger partial charge in [-0.05, 0) is 77.4 Å². The Hall–Kier alpha value is -3.31. The normalized spacial score (nSPS) is 14.3. The van der Waals surface area contributed by atoms with Crippen molar-refractivity contribution >= 4 is 62.5 Å². The van der Waals surface area contributed by atoms with Gasteiger partial charge in [-0.2, -0.15) is 0 Å². The number of nitrogens with one attached hydrogen (secondary N) is 1. The van der Waals surface area contributed by atoms with Crippen LogP contribution in [0.3, 0.4) is 0 Å². The molecule has 11 heteroatoms. The molecule has 1 saturated heterocycles. The van der Waals surface area contributed by atoms with Crippen LogP contribution in [0.25, 0.3) is 6.08 Å². The van der Waals surface area contributed by atoms with E-state index in [1.807, 2.05) is 19.1 Å². The van der Waals surface area contributed by atoms with Crippen molar-refractivity contribution in [1.82, 2.24) is 4.90 Å². The molecule has 1 N–H and O–H groups in total. The summed E-state index contributed by atoms with van der Waals surface area (Å²) >= 11 is 4.13. The lowest BCUT2D eigenvalue weighted by atomic mass is 10.2. The molecule has 1 aliphatic rings. The highest BCUT2D eigenvalue weighted by Gasteiger charge is 2.36. The van der Waals surface area contributed by atoms with Crippen LogP contribution in [0.2, 0.25) is 0 Å². The molecule has 0 aliphatic carbocycles. The zero-order chi connectivity index (χ0) is 25.5. The molecule has 2 aromatic carbocycles. The Kier molecular flexibility index (Phi) is 8.94. The van der Waals surface area contributed by atoms with Crippen LogP contribution in [0.15, 0.2) is 45.8 Å². The van der Waals surface area contributed by atoms with Gasteiger partial charge < -0.3 is 19.5 Å². The Morgan fingerprint density at radius 3 is 2.51 bits per heavy atom. The van der Waals surface area contributed by atoms with Gasteiger partial charge in [0.1, 0.15) is 6.54 Å². The number of anilines is 1. The van der Waals surface area contributed by atoms with Crippen LogP contribution >= 0.6 is 27.7 Å². The van der Waals surface area contributed by atoms with E-state index in [-0.39, 0.29) is 11.5 Å². The Balaban J connectivity index is 1.75. The van der Waals surface area contributed by atoms with Crippen LogP contribution in [-0.2, 0) is 19.1 Å². The molecular formula is C24H23BrN2O7S. The molecule has 2 aromatic rings. The molecule has 0 bridgehead atoms. The first-order valence-electron chi connectivity index (χ1n) is 10.5. The van der Waals surface area contributed by atoms with E-state index in [1.165, 1.54) is 13.2 Å². The van der Waals surface area contributed by atoms with Gasteiger partial charge in [-0.3, -0.25) is 19.3 Å². The number of ether oxygens (including phenoxy) is 3. The topological polar surface area (TPSA) is 111 Å². The van der Waals surface area contributed by atoms with E-state index in [1.54, 1.807) is 31.2 Å². The molecule has 0 unspecified atom stereocenters. The predicted octanol–water partition coefficient (Wildman–Crippen LogP) is 4.38. The molecule has 0 spiro atoms. The van der Waals surface area contributed by atoms with Crippen LogP contribution in [-0.4, -0.2) is 54.8 Å². The van der Waals surface area contributed by atoms with E-state index in [2.05, 4.69) is 26.0 Å². The highest BCUT2D eigenvalue weighted by atomic mass is 79.9. The summed E-state index contributed by atoms with van der Waals surface area (Å²) in [5.74, 6) is -0.961. The Morgan fingerprint density at radius 1 is 1.14 bits per heavy atom. The maximum absolute atomic E-state index is 12.8. The van der Waals surface area contributed by atoms with Crippen molar-refractivity contribution in [3.05, 3.63) is 56.9 Å². The molecule has 35 heavy (non-hydrogen) atoms. The number of esters is 1. The van der Waals surface area contributed by atoms with Crippen LogP contribution < -0.4 is 14.8 Å². The number of rotatable bonds is 9. The molecule has 3 amide bonds. The van der Waals surface area contributed by atoms with E-state index in [9.17, 15) is 19.2 Å². The number of aryl methyl sites for hydroxylation is 1. The summed E-state index contributed by atoms with van der Waals surface area (Å²) < 4.78 is 16.2. The van der Waals surface area contributed by atoms with Crippen molar-refractivity contribution in [1.29, 1.82) is 0 Å². The first kappa shape index (κ1) is 26.3. The lowest BCUT2D eigenvalue weighted by Gasteiger charge is -2.14. The summed E-state index contributed by atoms with van der Waals surface area (Å²) in [4.78, 5) is 50.2. The lowest BCUT2D eigenvalue weighted by Crippen LogP contribution is -2.36. The zero-order valence-electron chi connectivity index (χ0n) is 19.3. The standard InChI is InChI=1S/C24H23BrN2O7S/c1-4-33-18-10-15(9-17(25)22(18)34-13-21(29)32-3)11-19-23(30)27(24(31)35-19)12-20(28)26-16-7-5-14(2)6-8-16/h5-11H,4,12-13H2,1-3H3,(H,26,28). The maximum Gasteiger partial charge on any atom is 0.343 e. The van der Waals surface area contributed by atoms with Crippen molar-refractivity contribution < 1.29 is 33.4 Å². The van der Waals surface area contributed by atoms with Crippen LogP contribution in [0.1, 0.15) is 18.1 Å². The van der Waals surface area contributed by atoms with Crippen LogP contribution in [0.4, 0.5) is 10.5 Å². The van der Waals surface area contributed by atoms with E-state index in [0.717, 1.165) is 22.2 Å². The van der Waals surface area contributed by atoms with Crippen molar-refractivity contribution in [2.45, 2.75) is 13.8 Å². The minimum absolute atomic E-state index is 0.163. The Labute approximate surface area is 214 Å². The largest absolute Gasteiger partial charge is 0.490 e. The predicted molar refractivity (Wildman–Crippen MR) is 135 cm³/mol. The summed E-state index contributed by atoms with van der Waals surface area (Å²) in [6, 6.07) is 10.5. The van der Waals surface area contributed by atoms with Gasteiger partial charge in [-0.25, -0.2) is 4.79 Å². The number of thioether (sulfide) groups is 1. The maximum atomic E-state index is 12.8. The average molecular weight is 563 g/mol. The number of imide groups is 1. The number of carbonyl (C=O) groups is 4. The quantitative estimate of drug-likeness (QED) is 0.354. The zero-order valence-corrected chi connectivity index (χ0v) is 21.7. The van der Waals surface area contributed by atoms with E-state index in [0.29, 0.717) is 33.8 Å². The second kappa shape index (κ2) is 11.9. The SMILES string of the molecule is CCOc1cc(C=C2SC(=O)N(CC(=O)Nc3ccc(C)cc3)C2=O)cc(Br)c1OCC(=O)OC. The summed E-state index contributed by atoms with van der Waals surface area (Å²) in [6.07, 6.45) is 1.53. The second-order valence-corrected chi connectivity index (χ2v) is 9.16.